The summed E-state index contributed by atoms with van der Waals surface area (Å²) in [5, 5.41) is 5.51. The van der Waals surface area contributed by atoms with E-state index in [2.05, 4.69) is 10.6 Å². The highest BCUT2D eigenvalue weighted by molar-refractivity contribution is 5.97. The van der Waals surface area contributed by atoms with Crippen LogP contribution in [0.3, 0.4) is 0 Å². The van der Waals surface area contributed by atoms with Crippen LogP contribution >= 0.6 is 0 Å². The van der Waals surface area contributed by atoms with Crippen LogP contribution in [0.5, 0.6) is 28.7 Å². The van der Waals surface area contributed by atoms with Crippen molar-refractivity contribution in [3.63, 3.8) is 0 Å². The van der Waals surface area contributed by atoms with Crippen LogP contribution in [0.4, 0.5) is 0 Å². The van der Waals surface area contributed by atoms with Gasteiger partial charge in [0.25, 0.3) is 5.91 Å². The molecule has 2 aromatic rings. The summed E-state index contributed by atoms with van der Waals surface area (Å²) in [6.45, 7) is 6.91. The molecule has 0 radical (unpaired) electrons. The van der Waals surface area contributed by atoms with Crippen LogP contribution in [0.2, 0.25) is 0 Å². The molecule has 35 heavy (non-hydrogen) atoms. The Labute approximate surface area is 207 Å². The van der Waals surface area contributed by atoms with Crippen molar-refractivity contribution in [3.8, 4) is 28.7 Å². The molecular weight excluding hydrogens is 452 g/mol. The van der Waals surface area contributed by atoms with Crippen molar-refractivity contribution in [2.45, 2.75) is 39.7 Å². The zero-order valence-corrected chi connectivity index (χ0v) is 21.4. The maximum Gasteiger partial charge on any atom is 0.251 e. The molecule has 0 spiro atoms. The van der Waals surface area contributed by atoms with Gasteiger partial charge in [-0.2, -0.15) is 0 Å². The highest BCUT2D eigenvalue weighted by Crippen LogP contribution is 2.38. The summed E-state index contributed by atoms with van der Waals surface area (Å²) in [4.78, 5) is 25.2. The van der Waals surface area contributed by atoms with Crippen molar-refractivity contribution < 1.29 is 33.3 Å². The van der Waals surface area contributed by atoms with Gasteiger partial charge < -0.3 is 34.3 Å². The molecule has 1 unspecified atom stereocenters. The fourth-order valence-corrected chi connectivity index (χ4v) is 3.30. The fourth-order valence-electron chi connectivity index (χ4n) is 3.30. The van der Waals surface area contributed by atoms with Gasteiger partial charge in [-0.1, -0.05) is 19.9 Å². The van der Waals surface area contributed by atoms with Crippen molar-refractivity contribution >= 4 is 11.8 Å². The molecule has 0 aliphatic heterocycles. The van der Waals surface area contributed by atoms with Crippen LogP contribution in [0.25, 0.3) is 0 Å². The maximum absolute atomic E-state index is 12.6. The van der Waals surface area contributed by atoms with Gasteiger partial charge in [0.2, 0.25) is 11.7 Å². The minimum Gasteiger partial charge on any atom is -0.493 e. The quantitative estimate of drug-likeness (QED) is 0.416. The van der Waals surface area contributed by atoms with Gasteiger partial charge in [0.15, 0.2) is 23.0 Å². The van der Waals surface area contributed by atoms with Crippen molar-refractivity contribution in [1.29, 1.82) is 0 Å². The normalized spacial score (nSPS) is 11.3. The number of ether oxygens (including phenoxy) is 5. The molecule has 2 rings (SSSR count). The van der Waals surface area contributed by atoms with E-state index < -0.39 is 5.91 Å². The predicted molar refractivity (Wildman–Crippen MR) is 133 cm³/mol. The van der Waals surface area contributed by atoms with Crippen molar-refractivity contribution in [3.05, 3.63) is 41.5 Å². The lowest BCUT2D eigenvalue weighted by Gasteiger charge is -2.18. The molecule has 0 aliphatic carbocycles. The standard InChI is InChI=1S/C26H36N2O7/c1-7-11-34-20-10-9-18(13-21(20)35-12-8-2)17(3)28-24(29)16-27-26(30)19-14-22(31-4)25(33-6)23(15-19)32-5/h9-10,13-15,17H,7-8,11-12,16H2,1-6H3,(H,27,30)(H,28,29). The van der Waals surface area contributed by atoms with E-state index in [0.29, 0.717) is 42.0 Å². The molecule has 0 aliphatic rings. The third-order valence-electron chi connectivity index (χ3n) is 5.11. The predicted octanol–water partition coefficient (Wildman–Crippen LogP) is 3.90. The first kappa shape index (κ1) is 27.6. The highest BCUT2D eigenvalue weighted by atomic mass is 16.5. The largest absolute Gasteiger partial charge is 0.493 e. The third-order valence-corrected chi connectivity index (χ3v) is 5.11. The van der Waals surface area contributed by atoms with Crippen LogP contribution in [-0.4, -0.2) is 52.9 Å². The first-order chi connectivity index (χ1) is 16.9. The molecule has 0 aromatic heterocycles. The molecule has 0 fully saturated rings. The molecule has 0 saturated carbocycles. The Balaban J connectivity index is 2.03. The van der Waals surface area contributed by atoms with E-state index in [1.807, 2.05) is 39.0 Å². The zero-order chi connectivity index (χ0) is 25.8. The molecule has 192 valence electrons. The topological polar surface area (TPSA) is 104 Å². The van der Waals surface area contributed by atoms with Crippen LogP contribution in [0.1, 0.15) is 55.6 Å². The zero-order valence-electron chi connectivity index (χ0n) is 21.4. The fraction of sp³-hybridized carbons (Fsp3) is 0.462. The number of methoxy groups -OCH3 is 3. The Morgan fingerprint density at radius 3 is 1.97 bits per heavy atom. The van der Waals surface area contributed by atoms with Crippen molar-refractivity contribution in [1.82, 2.24) is 10.6 Å². The van der Waals surface area contributed by atoms with E-state index >= 15 is 0 Å². The molecular formula is C26H36N2O7. The molecule has 0 heterocycles. The molecule has 0 saturated heterocycles. The number of hydrogen-bond donors (Lipinski definition) is 2. The van der Waals surface area contributed by atoms with Gasteiger partial charge in [-0.15, -0.1) is 0 Å². The second-order valence-corrected chi connectivity index (χ2v) is 7.79. The van der Waals surface area contributed by atoms with Crippen molar-refractivity contribution in [2.24, 2.45) is 0 Å². The Morgan fingerprint density at radius 1 is 0.829 bits per heavy atom. The van der Waals surface area contributed by atoms with Gasteiger partial charge in [0, 0.05) is 5.56 Å². The summed E-state index contributed by atoms with van der Waals surface area (Å²) in [6, 6.07) is 8.37. The molecule has 2 N–H and O–H groups in total. The van der Waals surface area contributed by atoms with Gasteiger partial charge in [-0.05, 0) is 49.6 Å². The van der Waals surface area contributed by atoms with Crippen LogP contribution < -0.4 is 34.3 Å². The molecule has 9 heteroatoms. The van der Waals surface area contributed by atoms with Gasteiger partial charge >= 0.3 is 0 Å². The summed E-state index contributed by atoms with van der Waals surface area (Å²) in [5.41, 5.74) is 1.14. The maximum atomic E-state index is 12.6. The highest BCUT2D eigenvalue weighted by Gasteiger charge is 2.18. The second kappa shape index (κ2) is 13.9. The first-order valence-corrected chi connectivity index (χ1v) is 11.6. The minimum atomic E-state index is -0.445. The molecule has 2 amide bonds. The number of benzene rings is 2. The Kier molecular flexibility index (Phi) is 11.0. The average Bonchev–Trinajstić information content (AvgIpc) is 2.88. The number of carbonyl (C=O) groups excluding carboxylic acids is 2. The summed E-state index contributed by atoms with van der Waals surface area (Å²) in [7, 11) is 4.42. The van der Waals surface area contributed by atoms with Gasteiger partial charge in [-0.3, -0.25) is 9.59 Å². The van der Waals surface area contributed by atoms with E-state index in [-0.39, 0.29) is 24.1 Å². The van der Waals surface area contributed by atoms with Crippen LogP contribution in [0, 0.1) is 0 Å². The Bertz CT molecular complexity index is 969. The van der Waals surface area contributed by atoms with Gasteiger partial charge in [0.1, 0.15) is 0 Å². The lowest BCUT2D eigenvalue weighted by Crippen LogP contribution is -2.38. The van der Waals surface area contributed by atoms with Crippen LogP contribution in [-0.2, 0) is 4.79 Å². The summed E-state index contributed by atoms with van der Waals surface area (Å²) >= 11 is 0. The Hall–Kier alpha value is -3.62. The van der Waals surface area contributed by atoms with Crippen molar-refractivity contribution in [2.75, 3.05) is 41.1 Å². The number of carbonyl (C=O) groups is 2. The smallest absolute Gasteiger partial charge is 0.251 e. The van der Waals surface area contributed by atoms with E-state index in [0.717, 1.165) is 18.4 Å². The number of rotatable bonds is 14. The lowest BCUT2D eigenvalue weighted by atomic mass is 10.1. The van der Waals surface area contributed by atoms with E-state index in [1.54, 1.807) is 0 Å². The van der Waals surface area contributed by atoms with Crippen LogP contribution in [0.15, 0.2) is 30.3 Å². The lowest BCUT2D eigenvalue weighted by molar-refractivity contribution is -0.120. The second-order valence-electron chi connectivity index (χ2n) is 7.79. The summed E-state index contributed by atoms with van der Waals surface area (Å²) in [6.07, 6.45) is 1.76. The SMILES string of the molecule is CCCOc1ccc(C(C)NC(=O)CNC(=O)c2cc(OC)c(OC)c(OC)c2)cc1OCCC. The summed E-state index contributed by atoms with van der Waals surface area (Å²) in [5.74, 6) is 1.63. The van der Waals surface area contributed by atoms with E-state index in [1.165, 1.54) is 33.5 Å². The number of nitrogens with one attached hydrogen (secondary N) is 2. The van der Waals surface area contributed by atoms with Gasteiger partial charge in [-0.25, -0.2) is 0 Å². The number of hydrogen-bond acceptors (Lipinski definition) is 7. The molecule has 1 atom stereocenters. The number of amides is 2. The molecule has 2 aromatic carbocycles. The summed E-state index contributed by atoms with van der Waals surface area (Å²) < 4.78 is 27.4. The van der Waals surface area contributed by atoms with E-state index in [9.17, 15) is 9.59 Å². The monoisotopic (exact) mass is 488 g/mol. The van der Waals surface area contributed by atoms with E-state index in [4.69, 9.17) is 23.7 Å². The van der Waals surface area contributed by atoms with Gasteiger partial charge in [0.05, 0.1) is 47.1 Å². The first-order valence-electron chi connectivity index (χ1n) is 11.6. The third kappa shape index (κ3) is 7.70. The molecule has 0 bridgehead atoms. The average molecular weight is 489 g/mol. The Morgan fingerprint density at radius 2 is 1.43 bits per heavy atom. The molecule has 9 nitrogen and oxygen atoms in total. The minimum absolute atomic E-state index is 0.198.